The van der Waals surface area contributed by atoms with E-state index >= 15 is 0 Å². The van der Waals surface area contributed by atoms with Crippen LogP contribution in [0.1, 0.15) is 61.3 Å². The Hall–Kier alpha value is -2.23. The first-order chi connectivity index (χ1) is 11.5. The average molecular weight is 325 g/mol. The third-order valence-electron chi connectivity index (χ3n) is 5.44. The van der Waals surface area contributed by atoms with E-state index in [1.54, 1.807) is 6.07 Å². The van der Waals surface area contributed by atoms with E-state index in [0.717, 1.165) is 18.4 Å². The summed E-state index contributed by atoms with van der Waals surface area (Å²) in [4.78, 5) is 12.7. The Morgan fingerprint density at radius 2 is 1.88 bits per heavy atom. The molecule has 4 nitrogen and oxygen atoms in total. The summed E-state index contributed by atoms with van der Waals surface area (Å²) in [7, 11) is 0. The highest BCUT2D eigenvalue weighted by Crippen LogP contribution is 2.48. The Kier molecular flexibility index (Phi) is 3.63. The van der Waals surface area contributed by atoms with E-state index in [9.17, 15) is 9.90 Å². The van der Waals surface area contributed by atoms with Crippen molar-refractivity contribution in [2.45, 2.75) is 44.4 Å². The molecule has 1 heterocycles. The van der Waals surface area contributed by atoms with E-state index in [1.807, 2.05) is 24.3 Å². The van der Waals surface area contributed by atoms with Crippen LogP contribution < -0.4 is 11.4 Å². The maximum atomic E-state index is 12.7. The van der Waals surface area contributed by atoms with E-state index in [2.05, 4.69) is 6.92 Å². The molecule has 1 aromatic carbocycles. The first-order valence-electron chi connectivity index (χ1n) is 8.77. The number of rotatable bonds is 5. The van der Waals surface area contributed by atoms with E-state index in [4.69, 9.17) is 10.2 Å². The molecule has 4 rings (SSSR count). The number of hydrogen-bond acceptors (Lipinski definition) is 4. The lowest BCUT2D eigenvalue weighted by atomic mass is 9.87. The second-order valence-corrected chi connectivity index (χ2v) is 7.35. The lowest BCUT2D eigenvalue weighted by Crippen LogP contribution is -2.17. The van der Waals surface area contributed by atoms with Gasteiger partial charge >= 0.3 is 5.63 Å². The molecule has 0 saturated heterocycles. The number of nitrogen functional groups attached to an aromatic ring is 1. The highest BCUT2D eigenvalue weighted by atomic mass is 16.4. The van der Waals surface area contributed by atoms with Gasteiger partial charge < -0.3 is 15.3 Å². The molecule has 2 atom stereocenters. The standard InChI is InChI=1S/C20H23NO3/c1-11(12-5-6-12)17-10-16(22)19(20(23)24-17)18(13-7-8-13)14-3-2-4-15(21)9-14/h2-4,9-13,18,22H,5-8,21H2,1H3. The molecule has 3 N–H and O–H groups in total. The van der Waals surface area contributed by atoms with Crippen molar-refractivity contribution in [2.24, 2.45) is 11.8 Å². The molecule has 2 fully saturated rings. The fourth-order valence-corrected chi connectivity index (χ4v) is 3.70. The maximum absolute atomic E-state index is 12.7. The van der Waals surface area contributed by atoms with Crippen molar-refractivity contribution in [2.75, 3.05) is 5.73 Å². The minimum atomic E-state index is -0.406. The second-order valence-electron chi connectivity index (χ2n) is 7.35. The predicted octanol–water partition coefficient (Wildman–Crippen LogP) is 3.98. The van der Waals surface area contributed by atoms with Gasteiger partial charge in [-0.2, -0.15) is 0 Å². The van der Waals surface area contributed by atoms with Crippen molar-refractivity contribution in [1.82, 2.24) is 0 Å². The SMILES string of the molecule is CC(c1cc(O)c(C(c2cccc(N)c2)C2CC2)c(=O)o1)C1CC1. The third-order valence-corrected chi connectivity index (χ3v) is 5.44. The largest absolute Gasteiger partial charge is 0.507 e. The van der Waals surface area contributed by atoms with Crippen LogP contribution in [-0.2, 0) is 0 Å². The number of aromatic hydroxyl groups is 1. The zero-order chi connectivity index (χ0) is 16.8. The van der Waals surface area contributed by atoms with Gasteiger partial charge in [-0.05, 0) is 55.2 Å². The Balaban J connectivity index is 1.77. The summed E-state index contributed by atoms with van der Waals surface area (Å²) >= 11 is 0. The fraction of sp³-hybridized carbons (Fsp3) is 0.450. The van der Waals surface area contributed by atoms with Crippen LogP contribution in [0.15, 0.2) is 39.5 Å². The Labute approximate surface area is 141 Å². The zero-order valence-corrected chi connectivity index (χ0v) is 13.9. The van der Waals surface area contributed by atoms with Gasteiger partial charge in [0.05, 0.1) is 5.56 Å². The first kappa shape index (κ1) is 15.3. The van der Waals surface area contributed by atoms with Gasteiger partial charge in [0.1, 0.15) is 11.5 Å². The van der Waals surface area contributed by atoms with Crippen molar-refractivity contribution in [3.63, 3.8) is 0 Å². The van der Waals surface area contributed by atoms with Gasteiger partial charge in [-0.15, -0.1) is 0 Å². The summed E-state index contributed by atoms with van der Waals surface area (Å²) in [6.07, 6.45) is 4.44. The van der Waals surface area contributed by atoms with Crippen molar-refractivity contribution in [3.05, 3.63) is 57.6 Å². The summed E-state index contributed by atoms with van der Waals surface area (Å²) in [6.45, 7) is 2.06. The normalized spacial score (nSPS) is 19.9. The maximum Gasteiger partial charge on any atom is 0.343 e. The highest BCUT2D eigenvalue weighted by Gasteiger charge is 2.38. The Morgan fingerprint density at radius 1 is 1.17 bits per heavy atom. The lowest BCUT2D eigenvalue weighted by molar-refractivity contribution is 0.380. The molecule has 0 amide bonds. The minimum Gasteiger partial charge on any atom is -0.507 e. The smallest absolute Gasteiger partial charge is 0.343 e. The topological polar surface area (TPSA) is 76.5 Å². The van der Waals surface area contributed by atoms with Gasteiger partial charge in [-0.3, -0.25) is 0 Å². The van der Waals surface area contributed by atoms with Crippen LogP contribution in [0.4, 0.5) is 5.69 Å². The minimum absolute atomic E-state index is 0.0630. The van der Waals surface area contributed by atoms with Crippen LogP contribution in [0.25, 0.3) is 0 Å². The summed E-state index contributed by atoms with van der Waals surface area (Å²) in [5.41, 5.74) is 7.53. The van der Waals surface area contributed by atoms with E-state index < -0.39 is 5.63 Å². The van der Waals surface area contributed by atoms with E-state index in [-0.39, 0.29) is 17.6 Å². The number of benzene rings is 1. The highest BCUT2D eigenvalue weighted by molar-refractivity contribution is 5.47. The average Bonchev–Trinajstić information content (AvgIpc) is 3.43. The summed E-state index contributed by atoms with van der Waals surface area (Å²) in [6, 6.07) is 9.24. The zero-order valence-electron chi connectivity index (χ0n) is 13.9. The molecule has 2 unspecified atom stereocenters. The summed E-state index contributed by atoms with van der Waals surface area (Å²) in [5.74, 6) is 1.65. The summed E-state index contributed by atoms with van der Waals surface area (Å²) < 4.78 is 5.62. The number of hydrogen-bond donors (Lipinski definition) is 2. The first-order valence-corrected chi connectivity index (χ1v) is 8.77. The Morgan fingerprint density at radius 3 is 2.46 bits per heavy atom. The van der Waals surface area contributed by atoms with Gasteiger partial charge in [0, 0.05) is 23.6 Å². The molecule has 2 aliphatic carbocycles. The molecule has 24 heavy (non-hydrogen) atoms. The molecule has 4 heteroatoms. The molecule has 2 aliphatic rings. The molecule has 0 aliphatic heterocycles. The van der Waals surface area contributed by atoms with Gasteiger partial charge in [-0.1, -0.05) is 19.1 Å². The van der Waals surface area contributed by atoms with Gasteiger partial charge in [0.15, 0.2) is 0 Å². The monoisotopic (exact) mass is 325 g/mol. The molecule has 0 bridgehead atoms. The second kappa shape index (κ2) is 5.69. The summed E-state index contributed by atoms with van der Waals surface area (Å²) in [5, 5.41) is 10.6. The molecule has 0 radical (unpaired) electrons. The molecule has 126 valence electrons. The van der Waals surface area contributed by atoms with Crippen LogP contribution in [0.2, 0.25) is 0 Å². The lowest BCUT2D eigenvalue weighted by Gasteiger charge is -2.19. The van der Waals surface area contributed by atoms with Gasteiger partial charge in [-0.25, -0.2) is 4.79 Å². The van der Waals surface area contributed by atoms with Gasteiger partial charge in [0.25, 0.3) is 0 Å². The molecule has 2 aromatic rings. The van der Waals surface area contributed by atoms with Crippen LogP contribution >= 0.6 is 0 Å². The van der Waals surface area contributed by atoms with Crippen molar-refractivity contribution >= 4 is 5.69 Å². The van der Waals surface area contributed by atoms with E-state index in [0.29, 0.717) is 28.8 Å². The number of anilines is 1. The van der Waals surface area contributed by atoms with Crippen molar-refractivity contribution in [3.8, 4) is 5.75 Å². The molecular formula is C20H23NO3. The predicted molar refractivity (Wildman–Crippen MR) is 93.2 cm³/mol. The molecule has 2 saturated carbocycles. The van der Waals surface area contributed by atoms with Crippen LogP contribution in [0.3, 0.4) is 0 Å². The quantitative estimate of drug-likeness (QED) is 0.815. The third kappa shape index (κ3) is 2.81. The van der Waals surface area contributed by atoms with Crippen molar-refractivity contribution < 1.29 is 9.52 Å². The fourth-order valence-electron chi connectivity index (χ4n) is 3.70. The van der Waals surface area contributed by atoms with Crippen LogP contribution in [0, 0.1) is 11.8 Å². The molecule has 1 aromatic heterocycles. The number of nitrogens with two attached hydrogens (primary N) is 1. The van der Waals surface area contributed by atoms with Crippen LogP contribution in [-0.4, -0.2) is 5.11 Å². The molecule has 0 spiro atoms. The van der Waals surface area contributed by atoms with Crippen LogP contribution in [0.5, 0.6) is 5.75 Å². The Bertz CT molecular complexity index is 818. The van der Waals surface area contributed by atoms with Gasteiger partial charge in [0.2, 0.25) is 0 Å². The van der Waals surface area contributed by atoms with Crippen molar-refractivity contribution in [1.29, 1.82) is 0 Å². The van der Waals surface area contributed by atoms with E-state index in [1.165, 1.54) is 12.8 Å². The molecular weight excluding hydrogens is 302 g/mol.